The quantitative estimate of drug-likeness (QED) is 0.167. The monoisotopic (exact) mass is 560 g/mol. The Balaban J connectivity index is 1.48. The smallest absolute Gasteiger partial charge is 0.323 e. The van der Waals surface area contributed by atoms with E-state index in [4.69, 9.17) is 24.7 Å². The largest absolute Gasteiger partial charge is 0.490 e. The maximum Gasteiger partial charge on any atom is 0.323 e. The molecule has 2 N–H and O–H groups in total. The molecule has 212 valence electrons. The van der Waals surface area contributed by atoms with Gasteiger partial charge in [-0.15, -0.1) is 0 Å². The number of hydrogen-bond donors (Lipinski definition) is 1. The van der Waals surface area contributed by atoms with Gasteiger partial charge in [-0.1, -0.05) is 79.7 Å². The van der Waals surface area contributed by atoms with Crippen molar-refractivity contribution in [1.29, 1.82) is 5.26 Å². The van der Waals surface area contributed by atoms with E-state index in [-0.39, 0.29) is 11.5 Å². The van der Waals surface area contributed by atoms with Gasteiger partial charge in [0, 0.05) is 11.6 Å². The second-order valence-electron chi connectivity index (χ2n) is 9.79. The van der Waals surface area contributed by atoms with Crippen LogP contribution in [0.2, 0.25) is 0 Å². The maximum absolute atomic E-state index is 13.6. The number of allylic oxidation sites excluding steroid dienone is 1. The van der Waals surface area contributed by atoms with Crippen molar-refractivity contribution in [1.82, 2.24) is 0 Å². The minimum atomic E-state index is -0.613. The fraction of sp³-hybridized carbons (Fsp3) is 0.200. The van der Waals surface area contributed by atoms with Crippen LogP contribution < -0.4 is 24.7 Å². The average Bonchev–Trinajstić information content (AvgIpc) is 3.01. The van der Waals surface area contributed by atoms with Crippen LogP contribution in [0.1, 0.15) is 54.4 Å². The Labute approximate surface area is 245 Å². The second-order valence-corrected chi connectivity index (χ2v) is 9.79. The van der Waals surface area contributed by atoms with E-state index in [1.54, 1.807) is 18.2 Å². The number of rotatable bonds is 10. The van der Waals surface area contributed by atoms with Crippen LogP contribution in [0.25, 0.3) is 0 Å². The van der Waals surface area contributed by atoms with Crippen molar-refractivity contribution in [2.24, 2.45) is 5.73 Å². The molecule has 1 aliphatic rings. The number of benzene rings is 4. The molecule has 1 unspecified atom stereocenters. The summed E-state index contributed by atoms with van der Waals surface area (Å²) in [6, 6.07) is 32.0. The Hall–Kier alpha value is -5.22. The number of nitrogens with zero attached hydrogens (tertiary/aromatic N) is 1. The molecule has 0 amide bonds. The molecule has 4 aromatic rings. The van der Waals surface area contributed by atoms with Crippen LogP contribution in [-0.4, -0.2) is 19.2 Å². The molecule has 1 heterocycles. The summed E-state index contributed by atoms with van der Waals surface area (Å²) in [6.45, 7) is 4.96. The molecule has 0 aromatic heterocycles. The van der Waals surface area contributed by atoms with Gasteiger partial charge in [-0.05, 0) is 48.2 Å². The highest BCUT2D eigenvalue weighted by molar-refractivity contribution is 5.84. The predicted molar refractivity (Wildman–Crippen MR) is 159 cm³/mol. The summed E-state index contributed by atoms with van der Waals surface area (Å²) in [7, 11) is 0. The predicted octanol–water partition coefficient (Wildman–Crippen LogP) is 6.83. The van der Waals surface area contributed by atoms with Gasteiger partial charge in [0.1, 0.15) is 29.1 Å². The minimum absolute atomic E-state index is 0.00538. The highest BCUT2D eigenvalue weighted by atomic mass is 16.5. The lowest BCUT2D eigenvalue weighted by molar-refractivity contribution is -0.135. The van der Waals surface area contributed by atoms with Gasteiger partial charge in [0.2, 0.25) is 5.88 Å². The van der Waals surface area contributed by atoms with E-state index < -0.39 is 17.8 Å². The third-order valence-corrected chi connectivity index (χ3v) is 6.97. The van der Waals surface area contributed by atoms with Crippen LogP contribution >= 0.6 is 0 Å². The Morgan fingerprint density at radius 3 is 2.21 bits per heavy atom. The summed E-state index contributed by atoms with van der Waals surface area (Å²) < 4.78 is 23.5. The number of hydrogen-bond acceptors (Lipinski definition) is 7. The number of fused-ring (bicyclic) bond motifs is 1. The normalized spacial score (nSPS) is 14.0. The van der Waals surface area contributed by atoms with Crippen LogP contribution in [0.15, 0.2) is 109 Å². The first-order valence-corrected chi connectivity index (χ1v) is 14.0. The molecule has 5 rings (SSSR count). The zero-order valence-corrected chi connectivity index (χ0v) is 23.6. The molecule has 1 aliphatic heterocycles. The number of carbonyl (C=O) groups is 1. The molecule has 42 heavy (non-hydrogen) atoms. The van der Waals surface area contributed by atoms with E-state index in [0.29, 0.717) is 41.8 Å². The first kappa shape index (κ1) is 28.3. The standard InChI is InChI=1S/C35H32N2O5/c1-3-19-40-29-18-15-25(20-31(29)39-4-2)33-27-17-16-26(21-30(27)42-34(37)28(33)22-36)41-35(38)32(23-11-7-5-8-12-23)24-13-9-6-10-14-24/h5-18,20-21,32-33H,3-4,19,37H2,1-2H3. The first-order chi connectivity index (χ1) is 20.5. The van der Waals surface area contributed by atoms with E-state index in [9.17, 15) is 10.1 Å². The topological polar surface area (TPSA) is 104 Å². The number of ether oxygens (including phenoxy) is 4. The van der Waals surface area contributed by atoms with Crippen molar-refractivity contribution >= 4 is 5.97 Å². The SMILES string of the molecule is CCCOc1ccc(C2C(C#N)=C(N)Oc3cc(OC(=O)C(c4ccccc4)c4ccccc4)ccc32)cc1OCC. The van der Waals surface area contributed by atoms with Gasteiger partial charge in [-0.2, -0.15) is 5.26 Å². The van der Waals surface area contributed by atoms with Crippen molar-refractivity contribution in [3.8, 4) is 29.1 Å². The number of nitriles is 1. The van der Waals surface area contributed by atoms with E-state index in [2.05, 4.69) is 6.07 Å². The highest BCUT2D eigenvalue weighted by Crippen LogP contribution is 2.45. The van der Waals surface area contributed by atoms with E-state index in [1.807, 2.05) is 92.7 Å². The number of esters is 1. The molecule has 0 radical (unpaired) electrons. The number of carbonyl (C=O) groups excluding carboxylic acids is 1. The summed E-state index contributed by atoms with van der Waals surface area (Å²) in [5, 5.41) is 10.0. The summed E-state index contributed by atoms with van der Waals surface area (Å²) >= 11 is 0. The Morgan fingerprint density at radius 2 is 1.60 bits per heavy atom. The third kappa shape index (κ3) is 5.93. The van der Waals surface area contributed by atoms with Crippen molar-refractivity contribution in [2.75, 3.05) is 13.2 Å². The summed E-state index contributed by atoms with van der Waals surface area (Å²) in [4.78, 5) is 13.6. The lowest BCUT2D eigenvalue weighted by atomic mass is 9.83. The fourth-order valence-electron chi connectivity index (χ4n) is 5.08. The summed E-state index contributed by atoms with van der Waals surface area (Å²) in [5.74, 6) is 0.383. The van der Waals surface area contributed by atoms with Gasteiger partial charge in [-0.3, -0.25) is 4.79 Å². The van der Waals surface area contributed by atoms with E-state index in [1.165, 1.54) is 0 Å². The summed E-state index contributed by atoms with van der Waals surface area (Å²) in [6.07, 6.45) is 0.864. The molecule has 7 nitrogen and oxygen atoms in total. The number of nitrogens with two attached hydrogens (primary N) is 1. The van der Waals surface area contributed by atoms with Crippen molar-refractivity contribution in [3.63, 3.8) is 0 Å². The Morgan fingerprint density at radius 1 is 0.905 bits per heavy atom. The van der Waals surface area contributed by atoms with Crippen LogP contribution in [-0.2, 0) is 4.79 Å². The Bertz CT molecular complexity index is 1590. The van der Waals surface area contributed by atoms with Crippen molar-refractivity contribution < 1.29 is 23.7 Å². The molecule has 1 atom stereocenters. The molecule has 0 saturated heterocycles. The molecule has 0 fully saturated rings. The molecule has 4 aromatic carbocycles. The van der Waals surface area contributed by atoms with Gasteiger partial charge >= 0.3 is 5.97 Å². The van der Waals surface area contributed by atoms with Gasteiger partial charge in [0.25, 0.3) is 0 Å². The Kier molecular flexibility index (Phi) is 8.74. The lowest BCUT2D eigenvalue weighted by Crippen LogP contribution is -2.22. The van der Waals surface area contributed by atoms with Crippen LogP contribution in [0.5, 0.6) is 23.0 Å². The molecule has 0 aliphatic carbocycles. The molecule has 0 bridgehead atoms. The third-order valence-electron chi connectivity index (χ3n) is 6.97. The van der Waals surface area contributed by atoms with E-state index >= 15 is 0 Å². The lowest BCUT2D eigenvalue weighted by Gasteiger charge is -2.27. The molecular formula is C35H32N2O5. The molecular weight excluding hydrogens is 528 g/mol. The molecule has 0 saturated carbocycles. The molecule has 0 spiro atoms. The average molecular weight is 561 g/mol. The van der Waals surface area contributed by atoms with Crippen LogP contribution in [0.3, 0.4) is 0 Å². The minimum Gasteiger partial charge on any atom is -0.490 e. The van der Waals surface area contributed by atoms with Gasteiger partial charge < -0.3 is 24.7 Å². The molecule has 7 heteroatoms. The second kappa shape index (κ2) is 13.0. The first-order valence-electron chi connectivity index (χ1n) is 14.0. The van der Waals surface area contributed by atoms with Crippen LogP contribution in [0, 0.1) is 11.3 Å². The fourth-order valence-corrected chi connectivity index (χ4v) is 5.08. The highest BCUT2D eigenvalue weighted by Gasteiger charge is 2.32. The van der Waals surface area contributed by atoms with Gasteiger partial charge in [0.05, 0.1) is 19.1 Å². The zero-order valence-electron chi connectivity index (χ0n) is 23.6. The van der Waals surface area contributed by atoms with Gasteiger partial charge in [0.15, 0.2) is 11.5 Å². The zero-order chi connectivity index (χ0) is 29.5. The van der Waals surface area contributed by atoms with Crippen LogP contribution in [0.4, 0.5) is 0 Å². The van der Waals surface area contributed by atoms with Crippen molar-refractivity contribution in [2.45, 2.75) is 32.1 Å². The van der Waals surface area contributed by atoms with Gasteiger partial charge in [-0.25, -0.2) is 0 Å². The maximum atomic E-state index is 13.6. The summed E-state index contributed by atoms with van der Waals surface area (Å²) in [5.41, 5.74) is 9.69. The van der Waals surface area contributed by atoms with Crippen molar-refractivity contribution in [3.05, 3.63) is 131 Å². The van der Waals surface area contributed by atoms with E-state index in [0.717, 1.165) is 23.1 Å².